The first-order valence-electron chi connectivity index (χ1n) is 17.1. The number of thioether (sulfide) groups is 1. The van der Waals surface area contributed by atoms with Gasteiger partial charge in [-0.25, -0.2) is 32.5 Å². The summed E-state index contributed by atoms with van der Waals surface area (Å²) in [5.41, 5.74) is 0.0440. The fourth-order valence-electron chi connectivity index (χ4n) is 6.24. The number of pyridine rings is 1. The zero-order valence-electron chi connectivity index (χ0n) is 30.4. The Balaban J connectivity index is 1.22. The van der Waals surface area contributed by atoms with Gasteiger partial charge in [0.25, 0.3) is 11.8 Å². The number of carboxylic acids is 2. The van der Waals surface area contributed by atoms with Gasteiger partial charge in [0.15, 0.2) is 16.7 Å². The Morgan fingerprint density at radius 3 is 2.46 bits per heavy atom. The lowest BCUT2D eigenvalue weighted by atomic mass is 10.0. The van der Waals surface area contributed by atoms with E-state index in [1.807, 2.05) is 11.9 Å². The summed E-state index contributed by atoms with van der Waals surface area (Å²) in [6, 6.07) is -0.503. The molecule has 2 aromatic heterocycles. The van der Waals surface area contributed by atoms with Gasteiger partial charge < -0.3 is 45.2 Å². The summed E-state index contributed by atoms with van der Waals surface area (Å²) < 4.78 is 51.4. The van der Waals surface area contributed by atoms with Crippen molar-refractivity contribution in [1.29, 1.82) is 0 Å². The number of esters is 1. The van der Waals surface area contributed by atoms with Gasteiger partial charge in [-0.1, -0.05) is 5.16 Å². The van der Waals surface area contributed by atoms with Gasteiger partial charge in [-0.2, -0.15) is 0 Å². The van der Waals surface area contributed by atoms with Gasteiger partial charge in [-0.3, -0.25) is 19.3 Å². The average Bonchev–Trinajstić information content (AvgIpc) is 3.59. The lowest BCUT2D eigenvalue weighted by Gasteiger charge is -2.49. The van der Waals surface area contributed by atoms with Crippen molar-refractivity contribution >= 4 is 80.3 Å². The molecule has 1 aromatic carbocycles. The second-order valence-corrected chi connectivity index (χ2v) is 15.6. The number of oxime groups is 1. The number of aliphatic carboxylic acids is 2. The average molecular weight is 837 g/mol. The number of carbonyl (C=O) groups excluding carboxylic acids is 3. The maximum Gasteiger partial charge on any atom is 0.352 e. The lowest BCUT2D eigenvalue weighted by molar-refractivity contribution is -0.161. The van der Waals surface area contributed by atoms with Crippen molar-refractivity contribution in [3.8, 4) is 0 Å². The summed E-state index contributed by atoms with van der Waals surface area (Å²) in [6.07, 6.45) is 0.900. The summed E-state index contributed by atoms with van der Waals surface area (Å²) in [4.78, 5) is 90.9. The van der Waals surface area contributed by atoms with E-state index < -0.39 is 112 Å². The number of likely N-dealkylation sites (N-methyl/N-ethyl adjacent to an activating group) is 1. The SMILES string of the molecule is CN1CCN(c2c(F)cc3c(=O)c(C(=O)OCC4=C(C(=O)O)N5C(=O)[C@@H](NC(=O)/C(=N\OC(C)(C)C(=O)O)c6csc(N)n6)[C@H]5SC4)cn(CCF)c3c2F)CC1. The molecule has 0 unspecified atom stereocenters. The third-order valence-electron chi connectivity index (χ3n) is 9.37. The number of thiazole rings is 1. The van der Waals surface area contributed by atoms with Crippen LogP contribution in [0.1, 0.15) is 29.9 Å². The van der Waals surface area contributed by atoms with E-state index in [9.17, 15) is 43.4 Å². The van der Waals surface area contributed by atoms with Crippen LogP contribution >= 0.6 is 23.1 Å². The van der Waals surface area contributed by atoms with Crippen LogP contribution in [0.15, 0.2) is 38.9 Å². The molecule has 57 heavy (non-hydrogen) atoms. The number of rotatable bonds is 13. The number of aryl methyl sites for hydroxylation is 1. The predicted molar refractivity (Wildman–Crippen MR) is 200 cm³/mol. The van der Waals surface area contributed by atoms with Crippen LogP contribution in [-0.2, 0) is 35.3 Å². The molecule has 2 atom stereocenters. The van der Waals surface area contributed by atoms with Crippen LogP contribution in [0.25, 0.3) is 10.9 Å². The smallest absolute Gasteiger partial charge is 0.352 e. The Morgan fingerprint density at radius 2 is 1.84 bits per heavy atom. The molecule has 5 N–H and O–H groups in total. The number of anilines is 2. The van der Waals surface area contributed by atoms with Gasteiger partial charge in [-0.15, -0.1) is 23.1 Å². The number of aromatic nitrogens is 2. The number of piperazine rings is 1. The first-order valence-corrected chi connectivity index (χ1v) is 19.0. The molecule has 5 heterocycles. The van der Waals surface area contributed by atoms with E-state index >= 15 is 8.78 Å². The minimum atomic E-state index is -1.86. The Labute approximate surface area is 328 Å². The highest BCUT2D eigenvalue weighted by atomic mass is 32.2. The van der Waals surface area contributed by atoms with Crippen LogP contribution in [0, 0.1) is 11.6 Å². The van der Waals surface area contributed by atoms with Crippen molar-refractivity contribution in [2.75, 3.05) is 62.9 Å². The van der Waals surface area contributed by atoms with Crippen LogP contribution in [-0.4, -0.2) is 134 Å². The predicted octanol–water partition coefficient (Wildman–Crippen LogP) is 1.22. The molecule has 2 fully saturated rings. The molecular formula is C34H35F3N8O10S2. The first kappa shape index (κ1) is 41.0. The fourth-order valence-corrected chi connectivity index (χ4v) is 8.12. The van der Waals surface area contributed by atoms with Gasteiger partial charge in [0.2, 0.25) is 11.0 Å². The van der Waals surface area contributed by atoms with Gasteiger partial charge >= 0.3 is 17.9 Å². The molecule has 3 aromatic rings. The molecule has 0 bridgehead atoms. The summed E-state index contributed by atoms with van der Waals surface area (Å²) in [6.45, 7) is 1.73. The highest BCUT2D eigenvalue weighted by molar-refractivity contribution is 8.00. The maximum absolute atomic E-state index is 16.0. The Morgan fingerprint density at radius 1 is 1.14 bits per heavy atom. The minimum absolute atomic E-state index is 0.0466. The van der Waals surface area contributed by atoms with E-state index in [0.717, 1.165) is 44.8 Å². The molecule has 2 saturated heterocycles. The molecule has 18 nitrogen and oxygen atoms in total. The number of alkyl halides is 1. The van der Waals surface area contributed by atoms with E-state index in [2.05, 4.69) is 15.5 Å². The van der Waals surface area contributed by atoms with Crippen molar-refractivity contribution in [3.63, 3.8) is 0 Å². The minimum Gasteiger partial charge on any atom is -0.478 e. The number of nitrogens with two attached hydrogens (primary N) is 1. The van der Waals surface area contributed by atoms with E-state index in [4.69, 9.17) is 15.3 Å². The molecular weight excluding hydrogens is 802 g/mol. The lowest BCUT2D eigenvalue weighted by Crippen LogP contribution is -2.71. The second-order valence-electron chi connectivity index (χ2n) is 13.6. The normalized spacial score (nSPS) is 19.0. The fraction of sp³-hybridized carbons (Fsp3) is 0.412. The van der Waals surface area contributed by atoms with Gasteiger partial charge in [0.1, 0.15) is 53.2 Å². The molecule has 0 aliphatic carbocycles. The van der Waals surface area contributed by atoms with Crippen molar-refractivity contribution in [3.05, 3.63) is 62.0 Å². The molecule has 0 saturated carbocycles. The highest BCUT2D eigenvalue weighted by Crippen LogP contribution is 2.40. The van der Waals surface area contributed by atoms with Crippen LogP contribution in [0.2, 0.25) is 0 Å². The molecule has 3 aliphatic rings. The topological polar surface area (TPSA) is 239 Å². The van der Waals surface area contributed by atoms with Gasteiger partial charge in [0, 0.05) is 49.1 Å². The largest absolute Gasteiger partial charge is 0.478 e. The summed E-state index contributed by atoms with van der Waals surface area (Å²) in [5.74, 6) is -8.43. The number of hydrogen-bond acceptors (Lipinski definition) is 15. The van der Waals surface area contributed by atoms with E-state index in [0.29, 0.717) is 26.2 Å². The molecule has 23 heteroatoms. The molecule has 2 amide bonds. The third kappa shape index (κ3) is 7.85. The number of nitrogens with one attached hydrogen (secondary N) is 1. The van der Waals surface area contributed by atoms with E-state index in [1.165, 1.54) is 24.1 Å². The number of carboxylic acid groups (broad SMARTS) is 2. The van der Waals surface area contributed by atoms with Crippen LogP contribution in [0.5, 0.6) is 0 Å². The van der Waals surface area contributed by atoms with Crippen molar-refractivity contribution < 1.29 is 56.9 Å². The Bertz CT molecular complexity index is 2310. The number of carbonyl (C=O) groups is 5. The number of β-lactam (4-membered cyclic amide) rings is 1. The number of amides is 2. The first-order chi connectivity index (χ1) is 26.9. The molecule has 304 valence electrons. The van der Waals surface area contributed by atoms with Gasteiger partial charge in [-0.05, 0) is 27.0 Å². The summed E-state index contributed by atoms with van der Waals surface area (Å²) >= 11 is 1.95. The number of ether oxygens (including phenoxy) is 1. The summed E-state index contributed by atoms with van der Waals surface area (Å²) in [5, 5.41) is 25.5. The van der Waals surface area contributed by atoms with Crippen molar-refractivity contribution in [2.45, 2.75) is 37.4 Å². The van der Waals surface area contributed by atoms with Crippen LogP contribution in [0.3, 0.4) is 0 Å². The van der Waals surface area contributed by atoms with Crippen molar-refractivity contribution in [1.82, 2.24) is 24.7 Å². The highest BCUT2D eigenvalue weighted by Gasteiger charge is 2.54. The van der Waals surface area contributed by atoms with Crippen LogP contribution in [0.4, 0.5) is 24.0 Å². The third-order valence-corrected chi connectivity index (χ3v) is 11.4. The standard InChI is InChI=1S/C34H35F3N8O10S2/c1-34(2,32(52)53)55-41-21(19-14-57-33(38)39-19)27(47)40-22-28(48)45-23(30(49)50)15(13-56-29(22)45)12-54-31(51)17-11-44(5-4-35)24-16(26(17)46)10-18(36)25(20(24)37)43-8-6-42(3)7-9-43/h10-11,14,22,29H,4-9,12-13H2,1-3H3,(H2,38,39)(H,40,47)(H,49,50)(H,52,53)/b41-21-/t22-,29-/m1/s1. The number of nitrogen functional groups attached to an aromatic ring is 1. The number of nitrogens with zero attached hydrogens (tertiary/aromatic N) is 6. The number of benzene rings is 1. The van der Waals surface area contributed by atoms with Gasteiger partial charge in [0.05, 0.1) is 17.4 Å². The second kappa shape index (κ2) is 16.1. The molecule has 0 spiro atoms. The monoisotopic (exact) mass is 836 g/mol. The van der Waals surface area contributed by atoms with E-state index in [-0.39, 0.29) is 27.8 Å². The Hall–Kier alpha value is -5.68. The summed E-state index contributed by atoms with van der Waals surface area (Å²) in [7, 11) is 1.86. The quantitative estimate of drug-likeness (QED) is 0.0820. The molecule has 6 rings (SSSR count). The maximum atomic E-state index is 16.0. The Kier molecular flexibility index (Phi) is 11.5. The zero-order valence-corrected chi connectivity index (χ0v) is 32.0. The van der Waals surface area contributed by atoms with Crippen LogP contribution < -0.4 is 21.4 Å². The zero-order chi connectivity index (χ0) is 41.5. The molecule has 3 aliphatic heterocycles. The van der Waals surface area contributed by atoms with E-state index in [1.54, 1.807) is 0 Å². The number of fused-ring (bicyclic) bond motifs is 2. The number of halogens is 3. The van der Waals surface area contributed by atoms with Crippen molar-refractivity contribution in [2.24, 2.45) is 5.16 Å². The molecule has 0 radical (unpaired) electrons. The number of hydrogen-bond donors (Lipinski definition) is 4.